The Labute approximate surface area is 207 Å². The van der Waals surface area contributed by atoms with Crippen LogP contribution in [0.25, 0.3) is 10.2 Å². The van der Waals surface area contributed by atoms with Gasteiger partial charge < -0.3 is 4.74 Å². The van der Waals surface area contributed by atoms with Gasteiger partial charge in [0.2, 0.25) is 5.13 Å². The Kier molecular flexibility index (Phi) is 7.10. The molecule has 0 N–H and O–H groups in total. The molecule has 1 amide bonds. The lowest BCUT2D eigenvalue weighted by Crippen LogP contribution is -2.30. The second kappa shape index (κ2) is 10.0. The van der Waals surface area contributed by atoms with Crippen LogP contribution in [0.2, 0.25) is 10.0 Å². The van der Waals surface area contributed by atoms with Gasteiger partial charge >= 0.3 is 0 Å². The van der Waals surface area contributed by atoms with Crippen molar-refractivity contribution in [1.82, 2.24) is 4.98 Å². The van der Waals surface area contributed by atoms with Crippen LogP contribution in [0.15, 0.2) is 70.2 Å². The first-order valence-electron chi connectivity index (χ1n) is 9.46. The Morgan fingerprint density at radius 3 is 2.69 bits per heavy atom. The highest BCUT2D eigenvalue weighted by atomic mass is 79.9. The van der Waals surface area contributed by atoms with Crippen molar-refractivity contribution in [3.8, 4) is 5.75 Å². The van der Waals surface area contributed by atoms with Crippen LogP contribution >= 0.6 is 50.5 Å². The van der Waals surface area contributed by atoms with Crippen molar-refractivity contribution < 1.29 is 9.53 Å². The van der Waals surface area contributed by atoms with Crippen molar-refractivity contribution in [3.63, 3.8) is 0 Å². The number of ether oxygens (including phenoxy) is 1. The number of hydrogen-bond donors (Lipinski definition) is 0. The van der Waals surface area contributed by atoms with Gasteiger partial charge in [-0.25, -0.2) is 4.98 Å². The van der Waals surface area contributed by atoms with Crippen LogP contribution < -0.4 is 9.75 Å². The second-order valence-corrected chi connectivity index (χ2v) is 9.60. The Morgan fingerprint density at radius 2 is 1.94 bits per heavy atom. The molecule has 3 aromatic carbocycles. The predicted octanol–water partition coefficient (Wildman–Crippen LogP) is 7.12. The second-order valence-electron chi connectivity index (χ2n) is 6.83. The van der Waals surface area contributed by atoms with Crippen molar-refractivity contribution >= 4 is 77.9 Å². The third kappa shape index (κ3) is 5.48. The number of fused-ring (bicyclic) bond motifs is 1. The molecule has 1 heterocycles. The minimum Gasteiger partial charge on any atom is -0.482 e. The zero-order valence-corrected chi connectivity index (χ0v) is 20.7. The van der Waals surface area contributed by atoms with Crippen LogP contribution in [-0.2, 0) is 4.79 Å². The monoisotopic (exact) mass is 547 g/mol. The van der Waals surface area contributed by atoms with E-state index >= 15 is 0 Å². The minimum absolute atomic E-state index is 0.270. The summed E-state index contributed by atoms with van der Waals surface area (Å²) in [5.41, 5.74) is 2.75. The Morgan fingerprint density at radius 1 is 1.16 bits per heavy atom. The van der Waals surface area contributed by atoms with E-state index in [1.807, 2.05) is 49.4 Å². The zero-order valence-electron chi connectivity index (χ0n) is 16.8. The molecule has 0 fully saturated rings. The van der Waals surface area contributed by atoms with E-state index in [-0.39, 0.29) is 12.5 Å². The molecular formula is C23H16BrCl2N3O2S. The molecule has 0 bridgehead atoms. The van der Waals surface area contributed by atoms with Gasteiger partial charge in [0.05, 0.1) is 21.5 Å². The highest BCUT2D eigenvalue weighted by Gasteiger charge is 2.20. The quantitative estimate of drug-likeness (QED) is 0.190. The topological polar surface area (TPSA) is 54.8 Å². The molecule has 1 aromatic heterocycles. The van der Waals surface area contributed by atoms with Gasteiger partial charge in [-0.2, -0.15) is 10.1 Å². The lowest BCUT2D eigenvalue weighted by atomic mass is 10.2. The molecule has 4 rings (SSSR count). The SMILES string of the molecule is Cc1ccc2nc(N(/N=C/c3ccc(Br)cc3)C(=O)COc3ccc(Cl)cc3Cl)sc2c1. The Bertz CT molecular complexity index is 1310. The van der Waals surface area contributed by atoms with E-state index in [0.717, 1.165) is 25.8 Å². The molecule has 0 aliphatic heterocycles. The van der Waals surface area contributed by atoms with Crippen LogP contribution in [0.1, 0.15) is 11.1 Å². The lowest BCUT2D eigenvalue weighted by Gasteiger charge is -2.15. The number of carbonyl (C=O) groups is 1. The summed E-state index contributed by atoms with van der Waals surface area (Å²) in [6.07, 6.45) is 1.61. The van der Waals surface area contributed by atoms with Crippen LogP contribution in [0.3, 0.4) is 0 Å². The molecule has 0 unspecified atom stereocenters. The number of rotatable bonds is 6. The first-order chi connectivity index (χ1) is 15.4. The average Bonchev–Trinajstić information content (AvgIpc) is 3.17. The van der Waals surface area contributed by atoms with Gasteiger partial charge in [-0.15, -0.1) is 0 Å². The maximum atomic E-state index is 13.1. The third-order valence-electron chi connectivity index (χ3n) is 4.39. The largest absolute Gasteiger partial charge is 0.482 e. The summed E-state index contributed by atoms with van der Waals surface area (Å²) >= 11 is 16.9. The number of aryl methyl sites for hydroxylation is 1. The van der Waals surface area contributed by atoms with Crippen molar-refractivity contribution in [2.45, 2.75) is 6.92 Å². The predicted molar refractivity (Wildman–Crippen MR) is 136 cm³/mol. The van der Waals surface area contributed by atoms with Crippen LogP contribution in [0, 0.1) is 6.92 Å². The van der Waals surface area contributed by atoms with Crippen molar-refractivity contribution in [3.05, 3.63) is 86.3 Å². The van der Waals surface area contributed by atoms with E-state index in [1.165, 1.54) is 16.3 Å². The molecule has 162 valence electrons. The molecule has 0 radical (unpaired) electrons. The molecule has 0 atom stereocenters. The first-order valence-corrected chi connectivity index (χ1v) is 11.8. The molecule has 0 aliphatic rings. The number of anilines is 1. The molecule has 0 saturated heterocycles. The normalized spacial score (nSPS) is 11.2. The number of thiazole rings is 1. The summed E-state index contributed by atoms with van der Waals surface area (Å²) in [4.78, 5) is 17.7. The van der Waals surface area contributed by atoms with Crippen LogP contribution in [0.4, 0.5) is 5.13 Å². The standard InChI is InChI=1S/C23H16BrCl2N3O2S/c1-14-2-8-19-21(10-14)32-23(28-19)29(27-12-15-3-5-16(24)6-4-15)22(30)13-31-20-9-7-17(25)11-18(20)26/h2-12H,13H2,1H3/b27-12+. The van der Waals surface area contributed by atoms with Crippen LogP contribution in [0.5, 0.6) is 5.75 Å². The molecule has 0 spiro atoms. The number of hydrogen-bond acceptors (Lipinski definition) is 5. The number of benzene rings is 3. The molecule has 9 heteroatoms. The van der Waals surface area contributed by atoms with E-state index in [4.69, 9.17) is 27.9 Å². The maximum Gasteiger partial charge on any atom is 0.287 e. The first kappa shape index (κ1) is 22.7. The average molecular weight is 549 g/mol. The number of halogens is 3. The number of amides is 1. The zero-order chi connectivity index (χ0) is 22.7. The third-order valence-corrected chi connectivity index (χ3v) is 6.44. The number of hydrazone groups is 1. The van der Waals surface area contributed by atoms with Gasteiger partial charge in [0, 0.05) is 9.50 Å². The van der Waals surface area contributed by atoms with E-state index in [0.29, 0.717) is 20.9 Å². The molecule has 4 aromatic rings. The Balaban J connectivity index is 1.62. The van der Waals surface area contributed by atoms with Gasteiger partial charge in [-0.1, -0.05) is 68.7 Å². The van der Waals surface area contributed by atoms with Gasteiger partial charge in [0.1, 0.15) is 5.75 Å². The fourth-order valence-electron chi connectivity index (χ4n) is 2.80. The van der Waals surface area contributed by atoms with E-state index in [9.17, 15) is 4.79 Å². The molecule has 0 aliphatic carbocycles. The molecular weight excluding hydrogens is 533 g/mol. The highest BCUT2D eigenvalue weighted by molar-refractivity contribution is 9.10. The Hall–Kier alpha value is -2.45. The van der Waals surface area contributed by atoms with Gasteiger partial charge in [-0.3, -0.25) is 4.79 Å². The van der Waals surface area contributed by atoms with E-state index < -0.39 is 0 Å². The fraction of sp³-hybridized carbons (Fsp3) is 0.0870. The maximum absolute atomic E-state index is 13.1. The van der Waals surface area contributed by atoms with E-state index in [2.05, 4.69) is 26.0 Å². The number of nitrogens with zero attached hydrogens (tertiary/aromatic N) is 3. The lowest BCUT2D eigenvalue weighted by molar-refractivity contribution is -0.120. The van der Waals surface area contributed by atoms with Crippen molar-refractivity contribution in [1.29, 1.82) is 0 Å². The van der Waals surface area contributed by atoms with Gasteiger partial charge in [-0.05, 0) is 60.5 Å². The van der Waals surface area contributed by atoms with Crippen molar-refractivity contribution in [2.75, 3.05) is 11.6 Å². The van der Waals surface area contributed by atoms with Gasteiger partial charge in [0.25, 0.3) is 5.91 Å². The summed E-state index contributed by atoms with van der Waals surface area (Å²) in [5, 5.41) is 6.94. The summed E-state index contributed by atoms with van der Waals surface area (Å²) < 4.78 is 7.56. The highest BCUT2D eigenvalue weighted by Crippen LogP contribution is 2.31. The van der Waals surface area contributed by atoms with E-state index in [1.54, 1.807) is 24.4 Å². The van der Waals surface area contributed by atoms with Crippen molar-refractivity contribution in [2.24, 2.45) is 5.10 Å². The molecule has 32 heavy (non-hydrogen) atoms. The summed E-state index contributed by atoms with van der Waals surface area (Å²) in [7, 11) is 0. The van der Waals surface area contributed by atoms with Crippen LogP contribution in [-0.4, -0.2) is 23.7 Å². The molecule has 5 nitrogen and oxygen atoms in total. The van der Waals surface area contributed by atoms with Gasteiger partial charge in [0.15, 0.2) is 6.61 Å². The summed E-state index contributed by atoms with van der Waals surface area (Å²) in [6, 6.07) is 18.3. The fourth-order valence-corrected chi connectivity index (χ4v) is 4.56. The summed E-state index contributed by atoms with van der Waals surface area (Å²) in [6.45, 7) is 1.74. The minimum atomic E-state index is -0.389. The number of aromatic nitrogens is 1. The summed E-state index contributed by atoms with van der Waals surface area (Å²) in [5.74, 6) is -0.0265. The smallest absolute Gasteiger partial charge is 0.287 e. The number of carbonyl (C=O) groups excluding carboxylic acids is 1. The molecule has 0 saturated carbocycles.